The summed E-state index contributed by atoms with van der Waals surface area (Å²) < 4.78 is 0. The average Bonchev–Trinajstić information content (AvgIpc) is 3.24. The van der Waals surface area contributed by atoms with E-state index in [1.807, 2.05) is 11.8 Å². The van der Waals surface area contributed by atoms with Gasteiger partial charge in [0.05, 0.1) is 6.04 Å². The maximum atomic E-state index is 12.3. The highest BCUT2D eigenvalue weighted by Gasteiger charge is 2.35. The fourth-order valence-electron chi connectivity index (χ4n) is 3.48. The van der Waals surface area contributed by atoms with Gasteiger partial charge >= 0.3 is 0 Å². The monoisotopic (exact) mass is 293 g/mol. The van der Waals surface area contributed by atoms with Crippen molar-refractivity contribution in [3.05, 3.63) is 0 Å². The molecular formula is C16H27N3O2. The maximum Gasteiger partial charge on any atom is 0.237 e. The smallest absolute Gasteiger partial charge is 0.237 e. The lowest BCUT2D eigenvalue weighted by Gasteiger charge is -2.37. The van der Waals surface area contributed by atoms with Gasteiger partial charge in [-0.3, -0.25) is 14.5 Å². The van der Waals surface area contributed by atoms with Crippen LogP contribution in [0, 0.1) is 5.92 Å². The Hall–Kier alpha value is -1.10. The lowest BCUT2D eigenvalue weighted by atomic mass is 10.1. The molecule has 0 aromatic heterocycles. The second kappa shape index (κ2) is 6.34. The van der Waals surface area contributed by atoms with Gasteiger partial charge in [0, 0.05) is 38.1 Å². The summed E-state index contributed by atoms with van der Waals surface area (Å²) in [5, 5.41) is 3.18. The molecule has 0 radical (unpaired) electrons. The molecule has 0 bridgehead atoms. The topological polar surface area (TPSA) is 52.7 Å². The number of carbonyl (C=O) groups excluding carboxylic acids is 2. The average molecular weight is 293 g/mol. The number of nitrogens with one attached hydrogen (secondary N) is 1. The van der Waals surface area contributed by atoms with Gasteiger partial charge in [0.15, 0.2) is 0 Å². The van der Waals surface area contributed by atoms with Gasteiger partial charge in [0.2, 0.25) is 11.8 Å². The highest BCUT2D eigenvalue weighted by molar-refractivity contribution is 5.82. The van der Waals surface area contributed by atoms with Crippen LogP contribution in [0.4, 0.5) is 0 Å². The number of piperazine rings is 1. The van der Waals surface area contributed by atoms with Crippen molar-refractivity contribution in [2.45, 2.75) is 57.5 Å². The van der Waals surface area contributed by atoms with E-state index in [9.17, 15) is 9.59 Å². The normalized spacial score (nSPS) is 25.9. The Morgan fingerprint density at radius 2 is 1.62 bits per heavy atom. The van der Waals surface area contributed by atoms with E-state index in [0.717, 1.165) is 51.9 Å². The molecule has 2 saturated carbocycles. The Kier molecular flexibility index (Phi) is 4.48. The molecule has 0 aromatic rings. The summed E-state index contributed by atoms with van der Waals surface area (Å²) in [6.07, 6.45) is 6.87. The first-order valence-electron chi connectivity index (χ1n) is 8.48. The molecule has 1 atom stereocenters. The summed E-state index contributed by atoms with van der Waals surface area (Å²) >= 11 is 0. The first-order valence-corrected chi connectivity index (χ1v) is 8.48. The molecule has 1 N–H and O–H groups in total. The van der Waals surface area contributed by atoms with Crippen LogP contribution in [0.2, 0.25) is 0 Å². The van der Waals surface area contributed by atoms with Crippen molar-refractivity contribution >= 4 is 11.8 Å². The lowest BCUT2D eigenvalue weighted by molar-refractivity contribution is -0.135. The van der Waals surface area contributed by atoms with E-state index < -0.39 is 0 Å². The molecule has 3 rings (SSSR count). The predicted octanol–water partition coefficient (Wildman–Crippen LogP) is 0.988. The molecule has 2 amide bonds. The maximum absolute atomic E-state index is 12.3. The van der Waals surface area contributed by atoms with Gasteiger partial charge in [-0.2, -0.15) is 0 Å². The van der Waals surface area contributed by atoms with Gasteiger partial charge in [-0.15, -0.1) is 0 Å². The third-order valence-corrected chi connectivity index (χ3v) is 5.18. The van der Waals surface area contributed by atoms with Crippen LogP contribution in [0.25, 0.3) is 0 Å². The Bertz CT molecular complexity index is 394. The number of carbonyl (C=O) groups is 2. The zero-order valence-corrected chi connectivity index (χ0v) is 13.0. The molecule has 1 unspecified atom stereocenters. The third kappa shape index (κ3) is 3.57. The summed E-state index contributed by atoms with van der Waals surface area (Å²) in [7, 11) is 0. The lowest BCUT2D eigenvalue weighted by Crippen LogP contribution is -2.55. The van der Waals surface area contributed by atoms with Gasteiger partial charge < -0.3 is 10.2 Å². The largest absolute Gasteiger partial charge is 0.352 e. The SMILES string of the molecule is CC(C(=O)NC1CCCC1)N1CCN(C(=O)C2CC2)CC1. The summed E-state index contributed by atoms with van der Waals surface area (Å²) in [6, 6.07) is 0.307. The standard InChI is InChI=1S/C16H27N3O2/c1-12(15(20)17-14-4-2-3-5-14)18-8-10-19(11-9-18)16(21)13-6-7-13/h12-14H,2-11H2,1H3,(H,17,20). The van der Waals surface area contributed by atoms with Gasteiger partial charge in [0.25, 0.3) is 0 Å². The first kappa shape index (κ1) is 14.8. The first-order chi connectivity index (χ1) is 10.1. The van der Waals surface area contributed by atoms with Crippen LogP contribution in [-0.4, -0.2) is 59.9 Å². The van der Waals surface area contributed by atoms with Gasteiger partial charge in [-0.1, -0.05) is 12.8 Å². The number of hydrogen-bond acceptors (Lipinski definition) is 3. The van der Waals surface area contributed by atoms with Crippen LogP contribution in [0.1, 0.15) is 45.4 Å². The van der Waals surface area contributed by atoms with E-state index in [1.165, 1.54) is 12.8 Å². The van der Waals surface area contributed by atoms with Crippen molar-refractivity contribution in [1.82, 2.24) is 15.1 Å². The van der Waals surface area contributed by atoms with Crippen molar-refractivity contribution < 1.29 is 9.59 Å². The van der Waals surface area contributed by atoms with Gasteiger partial charge in [0.1, 0.15) is 0 Å². The molecule has 1 saturated heterocycles. The Labute approximate surface area is 127 Å². The van der Waals surface area contributed by atoms with Crippen LogP contribution in [0.3, 0.4) is 0 Å². The molecule has 3 fully saturated rings. The summed E-state index contributed by atoms with van der Waals surface area (Å²) in [6.45, 7) is 5.17. The number of nitrogens with zero attached hydrogens (tertiary/aromatic N) is 2. The zero-order valence-electron chi connectivity index (χ0n) is 13.0. The quantitative estimate of drug-likeness (QED) is 0.841. The Morgan fingerprint density at radius 3 is 2.19 bits per heavy atom. The fraction of sp³-hybridized carbons (Fsp3) is 0.875. The zero-order chi connectivity index (χ0) is 14.8. The predicted molar refractivity (Wildman–Crippen MR) is 80.7 cm³/mol. The van der Waals surface area contributed by atoms with E-state index >= 15 is 0 Å². The molecule has 1 heterocycles. The van der Waals surface area contributed by atoms with Gasteiger partial charge in [-0.05, 0) is 32.6 Å². The van der Waals surface area contributed by atoms with Crippen molar-refractivity contribution in [2.75, 3.05) is 26.2 Å². The molecule has 2 aliphatic carbocycles. The Balaban J connectivity index is 1.44. The second-order valence-corrected chi connectivity index (χ2v) is 6.80. The van der Waals surface area contributed by atoms with Crippen LogP contribution >= 0.6 is 0 Å². The molecule has 0 aromatic carbocycles. The highest BCUT2D eigenvalue weighted by atomic mass is 16.2. The van der Waals surface area contributed by atoms with Crippen LogP contribution < -0.4 is 5.32 Å². The van der Waals surface area contributed by atoms with E-state index in [1.54, 1.807) is 0 Å². The number of hydrogen-bond donors (Lipinski definition) is 1. The van der Waals surface area contributed by atoms with Crippen molar-refractivity contribution in [1.29, 1.82) is 0 Å². The minimum Gasteiger partial charge on any atom is -0.352 e. The van der Waals surface area contributed by atoms with Crippen LogP contribution in [0.15, 0.2) is 0 Å². The number of amides is 2. The number of rotatable bonds is 4. The molecule has 5 heteroatoms. The van der Waals surface area contributed by atoms with E-state index in [0.29, 0.717) is 17.9 Å². The summed E-state index contributed by atoms with van der Waals surface area (Å²) in [5.74, 6) is 0.793. The molecular weight excluding hydrogens is 266 g/mol. The molecule has 21 heavy (non-hydrogen) atoms. The summed E-state index contributed by atoms with van der Waals surface area (Å²) in [5.41, 5.74) is 0. The molecule has 3 aliphatic rings. The molecule has 5 nitrogen and oxygen atoms in total. The Morgan fingerprint density at radius 1 is 1.00 bits per heavy atom. The molecule has 0 spiro atoms. The minimum absolute atomic E-state index is 0.0798. The van der Waals surface area contributed by atoms with Crippen molar-refractivity contribution in [3.63, 3.8) is 0 Å². The van der Waals surface area contributed by atoms with Crippen molar-refractivity contribution in [3.8, 4) is 0 Å². The summed E-state index contributed by atoms with van der Waals surface area (Å²) in [4.78, 5) is 28.5. The molecule has 1 aliphatic heterocycles. The third-order valence-electron chi connectivity index (χ3n) is 5.18. The van der Waals surface area contributed by atoms with Crippen LogP contribution in [0.5, 0.6) is 0 Å². The second-order valence-electron chi connectivity index (χ2n) is 6.80. The molecule has 118 valence electrons. The minimum atomic E-state index is -0.0798. The van der Waals surface area contributed by atoms with Crippen LogP contribution in [-0.2, 0) is 9.59 Å². The van der Waals surface area contributed by atoms with E-state index in [-0.39, 0.29) is 11.9 Å². The highest BCUT2D eigenvalue weighted by Crippen LogP contribution is 2.31. The van der Waals surface area contributed by atoms with Gasteiger partial charge in [-0.25, -0.2) is 0 Å². The van der Waals surface area contributed by atoms with E-state index in [4.69, 9.17) is 0 Å². The van der Waals surface area contributed by atoms with E-state index in [2.05, 4.69) is 10.2 Å². The fourth-order valence-corrected chi connectivity index (χ4v) is 3.48. The van der Waals surface area contributed by atoms with Crippen molar-refractivity contribution in [2.24, 2.45) is 5.92 Å².